The highest BCUT2D eigenvalue weighted by molar-refractivity contribution is 7.92. The molecule has 0 spiro atoms. The van der Waals surface area contributed by atoms with Crippen molar-refractivity contribution in [2.75, 3.05) is 16.3 Å². The predicted molar refractivity (Wildman–Crippen MR) is 90.1 cm³/mol. The Bertz CT molecular complexity index is 776. The van der Waals surface area contributed by atoms with Crippen LogP contribution in [0.4, 0.5) is 11.4 Å². The van der Waals surface area contributed by atoms with Gasteiger partial charge in [0.05, 0.1) is 11.9 Å². The molecule has 0 aliphatic heterocycles. The van der Waals surface area contributed by atoms with Crippen LogP contribution >= 0.6 is 0 Å². The van der Waals surface area contributed by atoms with E-state index >= 15 is 0 Å². The average Bonchev–Trinajstić information content (AvgIpc) is 2.46. The second-order valence-corrected chi connectivity index (χ2v) is 6.77. The molecule has 2 aromatic carbocycles. The van der Waals surface area contributed by atoms with Gasteiger partial charge >= 0.3 is 0 Å². The SMILES string of the molecule is CC(Oc1ccccc1)C(=O)Nc1cccc(NS(C)(=O)=O)c1. The van der Waals surface area contributed by atoms with Gasteiger partial charge in [-0.05, 0) is 37.3 Å². The molecule has 0 aliphatic carbocycles. The van der Waals surface area contributed by atoms with E-state index in [4.69, 9.17) is 4.74 Å². The summed E-state index contributed by atoms with van der Waals surface area (Å²) in [4.78, 5) is 12.1. The Morgan fingerprint density at radius 1 is 1.04 bits per heavy atom. The van der Waals surface area contributed by atoms with Crippen molar-refractivity contribution in [3.8, 4) is 5.75 Å². The summed E-state index contributed by atoms with van der Waals surface area (Å²) in [5.74, 6) is 0.271. The van der Waals surface area contributed by atoms with Gasteiger partial charge in [0.25, 0.3) is 5.91 Å². The maximum absolute atomic E-state index is 12.1. The molecular weight excluding hydrogens is 316 g/mol. The van der Waals surface area contributed by atoms with E-state index in [2.05, 4.69) is 10.0 Å². The summed E-state index contributed by atoms with van der Waals surface area (Å²) in [6.45, 7) is 1.64. The lowest BCUT2D eigenvalue weighted by Gasteiger charge is -2.15. The van der Waals surface area contributed by atoms with E-state index < -0.39 is 16.1 Å². The molecule has 1 amide bonds. The van der Waals surface area contributed by atoms with Gasteiger partial charge in [-0.25, -0.2) is 8.42 Å². The monoisotopic (exact) mass is 334 g/mol. The Balaban J connectivity index is 2.01. The molecule has 0 radical (unpaired) electrons. The van der Waals surface area contributed by atoms with Gasteiger partial charge < -0.3 is 10.1 Å². The Morgan fingerprint density at radius 2 is 1.70 bits per heavy atom. The molecule has 2 N–H and O–H groups in total. The van der Waals surface area contributed by atoms with E-state index in [0.717, 1.165) is 6.26 Å². The number of rotatable bonds is 6. The fourth-order valence-corrected chi connectivity index (χ4v) is 2.43. The van der Waals surface area contributed by atoms with Crippen LogP contribution in [0.25, 0.3) is 0 Å². The number of nitrogens with one attached hydrogen (secondary N) is 2. The van der Waals surface area contributed by atoms with Crippen LogP contribution < -0.4 is 14.8 Å². The summed E-state index contributed by atoms with van der Waals surface area (Å²) in [5, 5.41) is 2.69. The molecule has 0 aliphatic rings. The van der Waals surface area contributed by atoms with Crippen LogP contribution in [0, 0.1) is 0 Å². The van der Waals surface area contributed by atoms with Crippen LogP contribution in [0.3, 0.4) is 0 Å². The molecule has 1 atom stereocenters. The molecule has 23 heavy (non-hydrogen) atoms. The van der Waals surface area contributed by atoms with Gasteiger partial charge in [-0.3, -0.25) is 9.52 Å². The van der Waals surface area contributed by atoms with Crippen molar-refractivity contribution in [3.63, 3.8) is 0 Å². The summed E-state index contributed by atoms with van der Waals surface area (Å²) in [6.07, 6.45) is 0.373. The molecular formula is C16H18N2O4S. The second-order valence-electron chi connectivity index (χ2n) is 5.02. The molecule has 0 fully saturated rings. The highest BCUT2D eigenvalue weighted by atomic mass is 32.2. The number of para-hydroxylation sites is 1. The van der Waals surface area contributed by atoms with Crippen molar-refractivity contribution in [1.29, 1.82) is 0 Å². The number of carbonyl (C=O) groups is 1. The molecule has 0 aromatic heterocycles. The third-order valence-corrected chi connectivity index (χ3v) is 3.47. The number of sulfonamides is 1. The van der Waals surface area contributed by atoms with Crippen molar-refractivity contribution in [2.45, 2.75) is 13.0 Å². The minimum absolute atomic E-state index is 0.328. The Kier molecular flexibility index (Phi) is 5.23. The summed E-state index contributed by atoms with van der Waals surface area (Å²) in [7, 11) is -3.37. The molecule has 6 nitrogen and oxygen atoms in total. The third kappa shape index (κ3) is 5.63. The van der Waals surface area contributed by atoms with E-state index in [1.165, 1.54) is 6.07 Å². The van der Waals surface area contributed by atoms with Gasteiger partial charge in [-0.2, -0.15) is 0 Å². The second kappa shape index (κ2) is 7.15. The molecule has 0 bridgehead atoms. The first-order valence-electron chi connectivity index (χ1n) is 6.94. The summed E-state index contributed by atoms with van der Waals surface area (Å²) < 4.78 is 30.3. The predicted octanol–water partition coefficient (Wildman–Crippen LogP) is 2.46. The maximum Gasteiger partial charge on any atom is 0.265 e. The minimum Gasteiger partial charge on any atom is -0.481 e. The molecule has 0 heterocycles. The number of hydrogen-bond acceptors (Lipinski definition) is 4. The quantitative estimate of drug-likeness (QED) is 0.850. The molecule has 2 rings (SSSR count). The summed E-state index contributed by atoms with van der Waals surface area (Å²) >= 11 is 0. The molecule has 122 valence electrons. The minimum atomic E-state index is -3.37. The average molecular weight is 334 g/mol. The van der Waals surface area contributed by atoms with Gasteiger partial charge in [0.15, 0.2) is 6.10 Å². The van der Waals surface area contributed by atoms with Crippen molar-refractivity contribution in [3.05, 3.63) is 54.6 Å². The van der Waals surface area contributed by atoms with Gasteiger partial charge in [0.1, 0.15) is 5.75 Å². The zero-order valence-electron chi connectivity index (χ0n) is 12.8. The van der Waals surface area contributed by atoms with E-state index in [1.807, 2.05) is 18.2 Å². The van der Waals surface area contributed by atoms with Crippen molar-refractivity contribution in [1.82, 2.24) is 0 Å². The van der Waals surface area contributed by atoms with Crippen LogP contribution in [0.2, 0.25) is 0 Å². The van der Waals surface area contributed by atoms with Crippen molar-refractivity contribution >= 4 is 27.3 Å². The first-order chi connectivity index (χ1) is 10.8. The van der Waals surface area contributed by atoms with Gasteiger partial charge in [-0.15, -0.1) is 0 Å². The first kappa shape index (κ1) is 16.8. The van der Waals surface area contributed by atoms with Crippen LogP contribution in [0.15, 0.2) is 54.6 Å². The number of hydrogen-bond donors (Lipinski definition) is 2. The Labute approximate surface area is 135 Å². The highest BCUT2D eigenvalue weighted by Crippen LogP contribution is 2.17. The van der Waals surface area contributed by atoms with Crippen molar-refractivity contribution in [2.24, 2.45) is 0 Å². The van der Waals surface area contributed by atoms with E-state index in [-0.39, 0.29) is 5.91 Å². The lowest BCUT2D eigenvalue weighted by molar-refractivity contribution is -0.122. The fourth-order valence-electron chi connectivity index (χ4n) is 1.88. The smallest absolute Gasteiger partial charge is 0.265 e. The first-order valence-corrected chi connectivity index (χ1v) is 8.83. The van der Waals surface area contributed by atoms with E-state index in [9.17, 15) is 13.2 Å². The van der Waals surface area contributed by atoms with Crippen LogP contribution in [-0.4, -0.2) is 26.7 Å². The number of anilines is 2. The summed E-state index contributed by atoms with van der Waals surface area (Å²) in [6, 6.07) is 15.5. The number of carbonyl (C=O) groups excluding carboxylic acids is 1. The Hall–Kier alpha value is -2.54. The third-order valence-electron chi connectivity index (χ3n) is 2.86. The topological polar surface area (TPSA) is 84.5 Å². The van der Waals surface area contributed by atoms with Gasteiger partial charge in [0.2, 0.25) is 10.0 Å². The molecule has 0 saturated carbocycles. The van der Waals surface area contributed by atoms with Crippen LogP contribution in [0.5, 0.6) is 5.75 Å². The van der Waals surface area contributed by atoms with E-state index in [0.29, 0.717) is 17.1 Å². The standard InChI is InChI=1S/C16H18N2O4S/c1-12(22-15-9-4-3-5-10-15)16(19)17-13-7-6-8-14(11-13)18-23(2,20)21/h3-12,18H,1-2H3,(H,17,19). The fraction of sp³-hybridized carbons (Fsp3) is 0.188. The molecule has 7 heteroatoms. The van der Waals surface area contributed by atoms with Gasteiger partial charge in [-0.1, -0.05) is 24.3 Å². The number of amides is 1. The van der Waals surface area contributed by atoms with Gasteiger partial charge in [0, 0.05) is 5.69 Å². The largest absolute Gasteiger partial charge is 0.481 e. The lowest BCUT2D eigenvalue weighted by Crippen LogP contribution is -2.30. The van der Waals surface area contributed by atoms with Crippen LogP contribution in [-0.2, 0) is 14.8 Å². The maximum atomic E-state index is 12.1. The lowest BCUT2D eigenvalue weighted by atomic mass is 10.2. The van der Waals surface area contributed by atoms with Crippen molar-refractivity contribution < 1.29 is 17.9 Å². The highest BCUT2D eigenvalue weighted by Gasteiger charge is 2.15. The molecule has 1 unspecified atom stereocenters. The zero-order chi connectivity index (χ0) is 16.9. The van der Waals surface area contributed by atoms with Crippen LogP contribution in [0.1, 0.15) is 6.92 Å². The molecule has 2 aromatic rings. The normalized spacial score (nSPS) is 12.3. The number of ether oxygens (including phenoxy) is 1. The Morgan fingerprint density at radius 3 is 2.35 bits per heavy atom. The zero-order valence-corrected chi connectivity index (χ0v) is 13.6. The molecule has 0 saturated heterocycles. The van der Waals surface area contributed by atoms with E-state index in [1.54, 1.807) is 37.3 Å². The number of benzene rings is 2. The summed E-state index contributed by atoms with van der Waals surface area (Å²) in [5.41, 5.74) is 0.856.